The summed E-state index contributed by atoms with van der Waals surface area (Å²) in [6.07, 6.45) is 8.42. The number of aromatic nitrogens is 1. The standard InChI is InChI=1S/C20H23N3O3/c24-19-9-8-17(23-19)20(25)22-14-4-6-15(7-5-14)26-18-3-1-2-13-12-21-11-10-16(13)18/h1-3,10-12,14-15,17H,4-9H2,(H,22,25)(H,23,24). The van der Waals surface area contributed by atoms with Crippen LogP contribution in [0.25, 0.3) is 10.8 Å². The lowest BCUT2D eigenvalue weighted by Gasteiger charge is -2.30. The van der Waals surface area contributed by atoms with Crippen molar-refractivity contribution < 1.29 is 14.3 Å². The number of fused-ring (bicyclic) bond motifs is 1. The van der Waals surface area contributed by atoms with Crippen LogP contribution in [0.5, 0.6) is 5.75 Å². The number of nitrogens with zero attached hydrogens (tertiary/aromatic N) is 1. The lowest BCUT2D eigenvalue weighted by atomic mass is 9.92. The van der Waals surface area contributed by atoms with Gasteiger partial charge >= 0.3 is 0 Å². The molecular weight excluding hydrogens is 330 g/mol. The molecule has 26 heavy (non-hydrogen) atoms. The molecule has 6 nitrogen and oxygen atoms in total. The Labute approximate surface area is 152 Å². The van der Waals surface area contributed by atoms with Crippen LogP contribution in [0.1, 0.15) is 38.5 Å². The molecule has 1 unspecified atom stereocenters. The molecule has 1 aliphatic heterocycles. The summed E-state index contributed by atoms with van der Waals surface area (Å²) in [6.45, 7) is 0. The Morgan fingerprint density at radius 3 is 2.77 bits per heavy atom. The number of nitrogens with one attached hydrogen (secondary N) is 2. The number of hydrogen-bond acceptors (Lipinski definition) is 4. The van der Waals surface area contributed by atoms with Crippen molar-refractivity contribution in [1.82, 2.24) is 15.6 Å². The molecule has 136 valence electrons. The SMILES string of the molecule is O=C1CCC(C(=O)NC2CCC(Oc3cccc4cnccc34)CC2)N1. The number of pyridine rings is 1. The second-order valence-corrected chi connectivity index (χ2v) is 7.11. The van der Waals surface area contributed by atoms with Crippen LogP contribution in [-0.4, -0.2) is 35.0 Å². The molecule has 1 saturated carbocycles. The fourth-order valence-electron chi connectivity index (χ4n) is 3.81. The lowest BCUT2D eigenvalue weighted by Crippen LogP contribution is -2.47. The predicted octanol–water partition coefficient (Wildman–Crippen LogP) is 2.32. The van der Waals surface area contributed by atoms with Crippen LogP contribution in [-0.2, 0) is 9.59 Å². The van der Waals surface area contributed by atoms with Crippen molar-refractivity contribution in [2.75, 3.05) is 0 Å². The van der Waals surface area contributed by atoms with Crippen LogP contribution >= 0.6 is 0 Å². The van der Waals surface area contributed by atoms with Crippen molar-refractivity contribution in [2.24, 2.45) is 0 Å². The number of ether oxygens (including phenoxy) is 1. The second-order valence-electron chi connectivity index (χ2n) is 7.11. The quantitative estimate of drug-likeness (QED) is 0.884. The van der Waals surface area contributed by atoms with Gasteiger partial charge in [-0.1, -0.05) is 12.1 Å². The van der Waals surface area contributed by atoms with E-state index in [4.69, 9.17) is 4.74 Å². The molecule has 2 amide bonds. The van der Waals surface area contributed by atoms with Crippen molar-refractivity contribution in [3.8, 4) is 5.75 Å². The number of hydrogen-bond donors (Lipinski definition) is 2. The first kappa shape index (κ1) is 16.8. The third-order valence-corrected chi connectivity index (χ3v) is 5.27. The number of carbonyl (C=O) groups excluding carboxylic acids is 2. The molecule has 2 aromatic rings. The molecule has 2 fully saturated rings. The third kappa shape index (κ3) is 3.64. The van der Waals surface area contributed by atoms with Crippen LogP contribution in [0.4, 0.5) is 0 Å². The van der Waals surface area contributed by atoms with E-state index in [9.17, 15) is 9.59 Å². The van der Waals surface area contributed by atoms with Gasteiger partial charge in [-0.15, -0.1) is 0 Å². The summed E-state index contributed by atoms with van der Waals surface area (Å²) >= 11 is 0. The van der Waals surface area contributed by atoms with Crippen molar-refractivity contribution in [3.63, 3.8) is 0 Å². The molecule has 1 aromatic carbocycles. The Morgan fingerprint density at radius 2 is 2.00 bits per heavy atom. The Balaban J connectivity index is 1.31. The van der Waals surface area contributed by atoms with E-state index in [0.29, 0.717) is 12.8 Å². The smallest absolute Gasteiger partial charge is 0.242 e. The summed E-state index contributed by atoms with van der Waals surface area (Å²) in [5, 5.41) is 7.95. The van der Waals surface area contributed by atoms with Gasteiger partial charge in [-0.25, -0.2) is 0 Å². The maximum absolute atomic E-state index is 12.2. The molecule has 4 rings (SSSR count). The van der Waals surface area contributed by atoms with Crippen LogP contribution in [0, 0.1) is 0 Å². The van der Waals surface area contributed by atoms with Crippen LogP contribution in [0.2, 0.25) is 0 Å². The van der Waals surface area contributed by atoms with Crippen LogP contribution in [0.15, 0.2) is 36.7 Å². The molecule has 2 aliphatic rings. The van der Waals surface area contributed by atoms with Gasteiger partial charge in [-0.05, 0) is 44.2 Å². The highest BCUT2D eigenvalue weighted by Crippen LogP contribution is 2.29. The molecule has 1 saturated heterocycles. The summed E-state index contributed by atoms with van der Waals surface area (Å²) in [5.74, 6) is 0.806. The first-order valence-corrected chi connectivity index (χ1v) is 9.28. The number of carbonyl (C=O) groups is 2. The van der Waals surface area contributed by atoms with Crippen molar-refractivity contribution in [3.05, 3.63) is 36.7 Å². The normalized spacial score (nSPS) is 25.7. The molecule has 0 spiro atoms. The van der Waals surface area contributed by atoms with E-state index in [0.717, 1.165) is 42.2 Å². The van der Waals surface area contributed by atoms with Crippen molar-refractivity contribution in [1.29, 1.82) is 0 Å². The van der Waals surface area contributed by atoms with Gasteiger partial charge in [-0.3, -0.25) is 14.6 Å². The lowest BCUT2D eigenvalue weighted by molar-refractivity contribution is -0.126. The molecule has 1 aromatic heterocycles. The van der Waals surface area contributed by atoms with Gasteiger partial charge in [0.1, 0.15) is 11.8 Å². The van der Waals surface area contributed by atoms with E-state index in [1.807, 2.05) is 30.5 Å². The van der Waals surface area contributed by atoms with Crippen molar-refractivity contribution >= 4 is 22.6 Å². The van der Waals surface area contributed by atoms with E-state index in [-0.39, 0.29) is 30.0 Å². The fourth-order valence-corrected chi connectivity index (χ4v) is 3.81. The Kier molecular flexibility index (Phi) is 4.73. The van der Waals surface area contributed by atoms with Gasteiger partial charge in [-0.2, -0.15) is 0 Å². The van der Waals surface area contributed by atoms with Crippen molar-refractivity contribution in [2.45, 2.75) is 56.7 Å². The monoisotopic (exact) mass is 353 g/mol. The van der Waals surface area contributed by atoms with Crippen LogP contribution in [0.3, 0.4) is 0 Å². The highest BCUT2D eigenvalue weighted by Gasteiger charge is 2.30. The maximum Gasteiger partial charge on any atom is 0.242 e. The van der Waals surface area contributed by atoms with Gasteiger partial charge < -0.3 is 15.4 Å². The van der Waals surface area contributed by atoms with E-state index in [2.05, 4.69) is 15.6 Å². The predicted molar refractivity (Wildman–Crippen MR) is 97.7 cm³/mol. The zero-order chi connectivity index (χ0) is 17.9. The first-order chi connectivity index (χ1) is 12.7. The van der Waals surface area contributed by atoms with E-state index in [1.54, 1.807) is 6.20 Å². The molecule has 1 atom stereocenters. The van der Waals surface area contributed by atoms with Gasteiger partial charge in [0.15, 0.2) is 0 Å². The molecule has 0 bridgehead atoms. The zero-order valence-corrected chi connectivity index (χ0v) is 14.6. The average Bonchev–Trinajstić information content (AvgIpc) is 3.10. The Bertz CT molecular complexity index is 810. The first-order valence-electron chi connectivity index (χ1n) is 9.28. The average molecular weight is 353 g/mol. The van der Waals surface area contributed by atoms with Gasteiger partial charge in [0.25, 0.3) is 0 Å². The number of rotatable bonds is 4. The minimum Gasteiger partial charge on any atom is -0.490 e. The third-order valence-electron chi connectivity index (χ3n) is 5.27. The molecule has 1 aliphatic carbocycles. The summed E-state index contributed by atoms with van der Waals surface area (Å²) in [4.78, 5) is 27.6. The Morgan fingerprint density at radius 1 is 1.15 bits per heavy atom. The van der Waals surface area contributed by atoms with E-state index < -0.39 is 0 Å². The summed E-state index contributed by atoms with van der Waals surface area (Å²) < 4.78 is 6.24. The minimum absolute atomic E-state index is 0.0347. The summed E-state index contributed by atoms with van der Waals surface area (Å²) in [6, 6.07) is 7.80. The largest absolute Gasteiger partial charge is 0.490 e. The topological polar surface area (TPSA) is 80.3 Å². The van der Waals surface area contributed by atoms with Gasteiger partial charge in [0.2, 0.25) is 11.8 Å². The Hall–Kier alpha value is -2.63. The van der Waals surface area contributed by atoms with Gasteiger partial charge in [0.05, 0.1) is 6.10 Å². The van der Waals surface area contributed by atoms with Crippen LogP contribution < -0.4 is 15.4 Å². The van der Waals surface area contributed by atoms with Gasteiger partial charge in [0, 0.05) is 35.6 Å². The fraction of sp³-hybridized carbons (Fsp3) is 0.450. The maximum atomic E-state index is 12.2. The molecular formula is C20H23N3O3. The summed E-state index contributed by atoms with van der Waals surface area (Å²) in [5.41, 5.74) is 0. The molecule has 2 N–H and O–H groups in total. The second kappa shape index (κ2) is 7.32. The number of benzene rings is 1. The zero-order valence-electron chi connectivity index (χ0n) is 14.6. The number of amides is 2. The summed E-state index contributed by atoms with van der Waals surface area (Å²) in [7, 11) is 0. The highest BCUT2D eigenvalue weighted by molar-refractivity contribution is 5.91. The van der Waals surface area contributed by atoms with E-state index in [1.165, 1.54) is 0 Å². The highest BCUT2D eigenvalue weighted by atomic mass is 16.5. The molecule has 2 heterocycles. The molecule has 6 heteroatoms. The van der Waals surface area contributed by atoms with E-state index >= 15 is 0 Å². The minimum atomic E-state index is -0.360. The molecule has 0 radical (unpaired) electrons.